The van der Waals surface area contributed by atoms with Crippen molar-refractivity contribution in [3.05, 3.63) is 94.6 Å². The second-order valence-electron chi connectivity index (χ2n) is 8.21. The van der Waals surface area contributed by atoms with Crippen molar-refractivity contribution in [2.24, 2.45) is 0 Å². The highest BCUT2D eigenvalue weighted by Crippen LogP contribution is 2.37. The number of pyridine rings is 1. The van der Waals surface area contributed by atoms with E-state index in [-0.39, 0.29) is 24.3 Å². The Kier molecular flexibility index (Phi) is 7.17. The molecule has 0 radical (unpaired) electrons. The molecular formula is C27H30FNO. The lowest BCUT2D eigenvalue weighted by molar-refractivity contribution is 0.279. The van der Waals surface area contributed by atoms with Crippen LogP contribution in [0.3, 0.4) is 0 Å². The summed E-state index contributed by atoms with van der Waals surface area (Å²) in [6.45, 7) is 8.37. The number of halogens is 1. The van der Waals surface area contributed by atoms with Crippen LogP contribution >= 0.6 is 0 Å². The van der Waals surface area contributed by atoms with Crippen LogP contribution in [0.15, 0.2) is 60.7 Å². The minimum atomic E-state index is -0.267. The molecule has 30 heavy (non-hydrogen) atoms. The molecule has 0 aliphatic rings. The van der Waals surface area contributed by atoms with Gasteiger partial charge in [-0.05, 0) is 52.6 Å². The van der Waals surface area contributed by atoms with E-state index in [1.54, 1.807) is 12.1 Å². The van der Waals surface area contributed by atoms with Crippen LogP contribution in [0.4, 0.5) is 4.39 Å². The molecule has 1 heterocycles. The van der Waals surface area contributed by atoms with Crippen molar-refractivity contribution in [3.63, 3.8) is 0 Å². The number of hydrogen-bond donors (Lipinski definition) is 1. The topological polar surface area (TPSA) is 33.1 Å². The van der Waals surface area contributed by atoms with Crippen LogP contribution in [0.2, 0.25) is 0 Å². The van der Waals surface area contributed by atoms with E-state index in [1.165, 1.54) is 12.1 Å². The van der Waals surface area contributed by atoms with Gasteiger partial charge in [-0.15, -0.1) is 0 Å². The molecule has 0 atom stereocenters. The smallest absolute Gasteiger partial charge is 0.123 e. The van der Waals surface area contributed by atoms with Gasteiger partial charge in [0.1, 0.15) is 5.82 Å². The molecule has 0 aliphatic heterocycles. The van der Waals surface area contributed by atoms with E-state index in [0.717, 1.165) is 39.2 Å². The van der Waals surface area contributed by atoms with Gasteiger partial charge in [0.25, 0.3) is 0 Å². The molecule has 0 spiro atoms. The maximum Gasteiger partial charge on any atom is 0.123 e. The van der Waals surface area contributed by atoms with Crippen LogP contribution in [0.1, 0.15) is 67.6 Å². The van der Waals surface area contributed by atoms with Gasteiger partial charge < -0.3 is 5.11 Å². The van der Waals surface area contributed by atoms with Gasteiger partial charge in [-0.1, -0.05) is 82.3 Å². The molecule has 2 nitrogen and oxygen atoms in total. The van der Waals surface area contributed by atoms with Gasteiger partial charge in [-0.25, -0.2) is 4.39 Å². The minimum absolute atomic E-state index is 0.0962. The first-order valence-corrected chi connectivity index (χ1v) is 10.6. The standard InChI is InChI=1S/C27H30FNO/c1-18(2)26-23(12-8-11-20-9-6-5-7-10-20)25(21-13-15-22(28)16-14-21)24(17-30)27(29-26)19(3)4/h5-11,13-16,18-19,30H,12,17H2,1-4H3. The van der Waals surface area contributed by atoms with Crippen LogP contribution < -0.4 is 0 Å². The van der Waals surface area contributed by atoms with Gasteiger partial charge in [0.2, 0.25) is 0 Å². The van der Waals surface area contributed by atoms with Gasteiger partial charge in [0, 0.05) is 17.0 Å². The van der Waals surface area contributed by atoms with Crippen molar-refractivity contribution in [3.8, 4) is 11.1 Å². The van der Waals surface area contributed by atoms with E-state index in [1.807, 2.05) is 18.2 Å². The molecule has 0 fully saturated rings. The summed E-state index contributed by atoms with van der Waals surface area (Å²) in [6.07, 6.45) is 4.93. The molecule has 0 unspecified atom stereocenters. The second kappa shape index (κ2) is 9.82. The van der Waals surface area contributed by atoms with Crippen LogP contribution in [0.25, 0.3) is 17.2 Å². The fraction of sp³-hybridized carbons (Fsp3) is 0.296. The first kappa shape index (κ1) is 21.9. The summed E-state index contributed by atoms with van der Waals surface area (Å²) >= 11 is 0. The Bertz CT molecular complexity index is 1010. The van der Waals surface area contributed by atoms with Crippen LogP contribution in [0, 0.1) is 5.82 Å². The predicted octanol–water partition coefficient (Wildman–Crippen LogP) is 6.88. The molecule has 0 saturated carbocycles. The first-order valence-electron chi connectivity index (χ1n) is 10.6. The zero-order chi connectivity index (χ0) is 21.7. The molecule has 0 bridgehead atoms. The van der Waals surface area contributed by atoms with Crippen LogP contribution in [-0.2, 0) is 13.0 Å². The number of allylic oxidation sites excluding steroid dienone is 1. The molecular weight excluding hydrogens is 373 g/mol. The SMILES string of the molecule is CC(C)c1nc(C(C)C)c(CC=Cc2ccccc2)c(-c2ccc(F)cc2)c1CO. The molecule has 1 aromatic heterocycles. The lowest BCUT2D eigenvalue weighted by Crippen LogP contribution is -2.12. The summed E-state index contributed by atoms with van der Waals surface area (Å²) in [5, 5.41) is 10.3. The zero-order valence-electron chi connectivity index (χ0n) is 18.2. The number of aliphatic hydroxyl groups excluding tert-OH is 1. The summed E-state index contributed by atoms with van der Waals surface area (Å²) in [6, 6.07) is 16.7. The molecule has 3 aromatic rings. The Hall–Kier alpha value is -2.78. The first-order chi connectivity index (χ1) is 14.4. The molecule has 2 aromatic carbocycles. The zero-order valence-corrected chi connectivity index (χ0v) is 18.2. The van der Waals surface area contributed by atoms with Gasteiger partial charge in [-0.3, -0.25) is 4.98 Å². The molecule has 156 valence electrons. The average molecular weight is 404 g/mol. The van der Waals surface area contributed by atoms with E-state index in [2.05, 4.69) is 52.0 Å². The Balaban J connectivity index is 2.21. The minimum Gasteiger partial charge on any atom is -0.392 e. The summed E-state index contributed by atoms with van der Waals surface area (Å²) < 4.78 is 13.6. The normalized spacial score (nSPS) is 11.7. The van der Waals surface area contributed by atoms with E-state index >= 15 is 0 Å². The van der Waals surface area contributed by atoms with Crippen molar-refractivity contribution in [2.45, 2.75) is 52.6 Å². The molecule has 0 aliphatic carbocycles. The fourth-order valence-corrected chi connectivity index (χ4v) is 3.87. The molecule has 0 saturated heterocycles. The number of rotatable bonds is 7. The van der Waals surface area contributed by atoms with Gasteiger partial charge in [0.05, 0.1) is 6.61 Å². The summed E-state index contributed by atoms with van der Waals surface area (Å²) in [5.41, 5.74) is 6.92. The highest BCUT2D eigenvalue weighted by molar-refractivity contribution is 5.73. The van der Waals surface area contributed by atoms with Crippen molar-refractivity contribution >= 4 is 6.08 Å². The Morgan fingerprint density at radius 2 is 1.47 bits per heavy atom. The fourth-order valence-electron chi connectivity index (χ4n) is 3.87. The van der Waals surface area contributed by atoms with Crippen molar-refractivity contribution in [2.75, 3.05) is 0 Å². The molecule has 3 rings (SSSR count). The van der Waals surface area contributed by atoms with Crippen LogP contribution in [-0.4, -0.2) is 10.1 Å². The van der Waals surface area contributed by atoms with E-state index < -0.39 is 0 Å². The lowest BCUT2D eigenvalue weighted by Gasteiger charge is -2.23. The maximum atomic E-state index is 13.6. The van der Waals surface area contributed by atoms with Crippen molar-refractivity contribution in [1.82, 2.24) is 4.98 Å². The number of nitrogens with zero attached hydrogens (tertiary/aromatic N) is 1. The predicted molar refractivity (Wildman–Crippen MR) is 123 cm³/mol. The van der Waals surface area contributed by atoms with E-state index in [4.69, 9.17) is 4.98 Å². The number of benzene rings is 2. The Morgan fingerprint density at radius 3 is 2.03 bits per heavy atom. The third kappa shape index (κ3) is 4.85. The number of hydrogen-bond acceptors (Lipinski definition) is 2. The summed E-state index contributed by atoms with van der Waals surface area (Å²) in [7, 11) is 0. The monoisotopic (exact) mass is 403 g/mol. The average Bonchev–Trinajstić information content (AvgIpc) is 2.74. The second-order valence-corrected chi connectivity index (χ2v) is 8.21. The Morgan fingerprint density at radius 1 is 0.867 bits per heavy atom. The van der Waals surface area contributed by atoms with E-state index in [0.29, 0.717) is 6.42 Å². The quantitative estimate of drug-likeness (QED) is 0.466. The Labute approximate surface area is 179 Å². The third-order valence-corrected chi connectivity index (χ3v) is 5.28. The molecule has 1 N–H and O–H groups in total. The number of aromatic nitrogens is 1. The van der Waals surface area contributed by atoms with Crippen LogP contribution in [0.5, 0.6) is 0 Å². The summed E-state index contributed by atoms with van der Waals surface area (Å²) in [4.78, 5) is 5.00. The summed E-state index contributed by atoms with van der Waals surface area (Å²) in [5.74, 6) is 0.143. The molecule has 3 heteroatoms. The third-order valence-electron chi connectivity index (χ3n) is 5.28. The van der Waals surface area contributed by atoms with Gasteiger partial charge in [0.15, 0.2) is 0 Å². The highest BCUT2D eigenvalue weighted by Gasteiger charge is 2.22. The highest BCUT2D eigenvalue weighted by atomic mass is 19.1. The van der Waals surface area contributed by atoms with Crippen molar-refractivity contribution in [1.29, 1.82) is 0 Å². The van der Waals surface area contributed by atoms with Crippen molar-refractivity contribution < 1.29 is 9.50 Å². The number of aliphatic hydroxyl groups is 1. The molecule has 0 amide bonds. The maximum absolute atomic E-state index is 13.6. The van der Waals surface area contributed by atoms with Gasteiger partial charge >= 0.3 is 0 Å². The largest absolute Gasteiger partial charge is 0.392 e. The van der Waals surface area contributed by atoms with E-state index in [9.17, 15) is 9.50 Å². The lowest BCUT2D eigenvalue weighted by atomic mass is 9.86. The van der Waals surface area contributed by atoms with Gasteiger partial charge in [-0.2, -0.15) is 0 Å².